The number of esters is 1. The van der Waals surface area contributed by atoms with E-state index in [1.54, 1.807) is 34.1 Å². The topological polar surface area (TPSA) is 74.3 Å². The molecule has 3 aromatic heterocycles. The van der Waals surface area contributed by atoms with Crippen LogP contribution in [0.1, 0.15) is 40.1 Å². The second-order valence-electron chi connectivity index (χ2n) is 7.18. The molecule has 0 radical (unpaired) electrons. The highest BCUT2D eigenvalue weighted by atomic mass is 32.2. The van der Waals surface area contributed by atoms with Gasteiger partial charge in [0.05, 0.1) is 18.2 Å². The molecule has 6 nitrogen and oxygen atoms in total. The van der Waals surface area contributed by atoms with Gasteiger partial charge < -0.3 is 9.15 Å². The summed E-state index contributed by atoms with van der Waals surface area (Å²) in [5.41, 5.74) is 1.18. The smallest absolute Gasteiger partial charge is 0.373 e. The third kappa shape index (κ3) is 3.79. The number of fused-ring (bicyclic) bond motifs is 3. The van der Waals surface area contributed by atoms with Gasteiger partial charge in [-0.15, -0.1) is 17.9 Å². The Hall–Kier alpha value is -2.32. The van der Waals surface area contributed by atoms with Gasteiger partial charge in [-0.2, -0.15) is 0 Å². The van der Waals surface area contributed by atoms with Crippen LogP contribution < -0.4 is 5.56 Å². The fourth-order valence-electron chi connectivity index (χ4n) is 3.61. The molecule has 1 aliphatic carbocycles. The number of methoxy groups -OCH3 is 1. The maximum Gasteiger partial charge on any atom is 0.373 e. The highest BCUT2D eigenvalue weighted by Crippen LogP contribution is 2.36. The summed E-state index contributed by atoms with van der Waals surface area (Å²) in [6.45, 7) is 6.44. The van der Waals surface area contributed by atoms with Crippen LogP contribution in [0.25, 0.3) is 10.2 Å². The lowest BCUT2D eigenvalue weighted by molar-refractivity contribution is 0.0563. The van der Waals surface area contributed by atoms with Crippen LogP contribution in [0.4, 0.5) is 0 Å². The SMILES string of the molecule is C=CCn1c(SCc2ccc(C(=O)OC)o2)nc2sc3c(c2c1=O)CC[C@@H](C)C3. The minimum Gasteiger partial charge on any atom is -0.463 e. The zero-order chi connectivity index (χ0) is 20.5. The Labute approximate surface area is 176 Å². The lowest BCUT2D eigenvalue weighted by Gasteiger charge is -2.17. The van der Waals surface area contributed by atoms with Crippen molar-refractivity contribution in [3.8, 4) is 0 Å². The molecule has 0 unspecified atom stereocenters. The maximum atomic E-state index is 13.3. The first-order valence-electron chi connectivity index (χ1n) is 9.47. The van der Waals surface area contributed by atoms with E-state index in [9.17, 15) is 9.59 Å². The van der Waals surface area contributed by atoms with E-state index >= 15 is 0 Å². The third-order valence-corrected chi connectivity index (χ3v) is 7.23. The first-order valence-corrected chi connectivity index (χ1v) is 11.3. The summed E-state index contributed by atoms with van der Waals surface area (Å²) in [5.74, 6) is 1.36. The molecule has 0 spiro atoms. The molecule has 1 atom stereocenters. The van der Waals surface area contributed by atoms with Gasteiger partial charge in [0.25, 0.3) is 5.56 Å². The van der Waals surface area contributed by atoms with Crippen LogP contribution in [0.2, 0.25) is 0 Å². The molecule has 0 aromatic carbocycles. The summed E-state index contributed by atoms with van der Waals surface area (Å²) in [4.78, 5) is 31.8. The number of thiophene rings is 1. The van der Waals surface area contributed by atoms with Crippen molar-refractivity contribution in [3.05, 3.63) is 57.1 Å². The maximum absolute atomic E-state index is 13.3. The van der Waals surface area contributed by atoms with E-state index in [0.29, 0.717) is 29.1 Å². The molecule has 29 heavy (non-hydrogen) atoms. The number of aromatic nitrogens is 2. The number of nitrogens with zero attached hydrogens (tertiary/aromatic N) is 2. The van der Waals surface area contributed by atoms with E-state index in [1.165, 1.54) is 29.3 Å². The zero-order valence-corrected chi connectivity index (χ0v) is 18.0. The monoisotopic (exact) mass is 430 g/mol. The molecule has 3 aromatic rings. The molecule has 0 aliphatic heterocycles. The number of furan rings is 1. The molecule has 0 fully saturated rings. The predicted octanol–water partition coefficient (Wildman–Crippen LogP) is 4.44. The van der Waals surface area contributed by atoms with Crippen molar-refractivity contribution < 1.29 is 13.9 Å². The number of hydrogen-bond donors (Lipinski definition) is 0. The van der Waals surface area contributed by atoms with Crippen LogP contribution in [-0.2, 0) is 29.9 Å². The molecule has 8 heteroatoms. The zero-order valence-electron chi connectivity index (χ0n) is 16.4. The first kappa shape index (κ1) is 20.0. The number of aryl methyl sites for hydroxylation is 1. The van der Waals surface area contributed by atoms with Crippen LogP contribution >= 0.6 is 23.1 Å². The molecule has 0 saturated heterocycles. The van der Waals surface area contributed by atoms with Gasteiger partial charge in [-0.3, -0.25) is 9.36 Å². The fraction of sp³-hybridized carbons (Fsp3) is 0.381. The van der Waals surface area contributed by atoms with Gasteiger partial charge in [-0.25, -0.2) is 9.78 Å². The van der Waals surface area contributed by atoms with Crippen molar-refractivity contribution in [2.24, 2.45) is 5.92 Å². The van der Waals surface area contributed by atoms with Crippen molar-refractivity contribution in [2.45, 2.75) is 43.6 Å². The number of carbonyl (C=O) groups is 1. The Morgan fingerprint density at radius 2 is 2.34 bits per heavy atom. The number of hydrogen-bond acceptors (Lipinski definition) is 7. The van der Waals surface area contributed by atoms with Gasteiger partial charge in [0.15, 0.2) is 5.16 Å². The summed E-state index contributed by atoms with van der Waals surface area (Å²) in [6, 6.07) is 3.32. The summed E-state index contributed by atoms with van der Waals surface area (Å²) in [6.07, 6.45) is 4.78. The standard InChI is InChI=1S/C21H22N2O4S2/c1-4-9-23-19(24)17-14-7-5-12(2)10-16(14)29-18(17)22-21(23)28-11-13-6-8-15(27-13)20(25)26-3/h4,6,8,12H,1,5,7,9-11H2,2-3H3/t12-/m1/s1. The fourth-order valence-corrected chi connectivity index (χ4v) is 5.93. The summed E-state index contributed by atoms with van der Waals surface area (Å²) in [7, 11) is 1.31. The number of allylic oxidation sites excluding steroid dienone is 1. The van der Waals surface area contributed by atoms with Gasteiger partial charge in [0.2, 0.25) is 5.76 Å². The largest absolute Gasteiger partial charge is 0.463 e. The highest BCUT2D eigenvalue weighted by Gasteiger charge is 2.24. The Balaban J connectivity index is 1.69. The Morgan fingerprint density at radius 1 is 1.52 bits per heavy atom. The van der Waals surface area contributed by atoms with Gasteiger partial charge in [-0.05, 0) is 42.9 Å². The van der Waals surface area contributed by atoms with E-state index in [-0.39, 0.29) is 11.3 Å². The van der Waals surface area contributed by atoms with E-state index in [1.807, 2.05) is 0 Å². The molecule has 0 N–H and O–H groups in total. The predicted molar refractivity (Wildman–Crippen MR) is 115 cm³/mol. The number of rotatable bonds is 6. The molecular formula is C21H22N2O4S2. The number of thioether (sulfide) groups is 1. The molecule has 152 valence electrons. The van der Waals surface area contributed by atoms with Crippen molar-refractivity contribution in [1.29, 1.82) is 0 Å². The summed E-state index contributed by atoms with van der Waals surface area (Å²) in [5, 5.41) is 1.40. The quantitative estimate of drug-likeness (QED) is 0.249. The molecule has 4 rings (SSSR count). The molecule has 0 saturated carbocycles. The average molecular weight is 431 g/mol. The number of carbonyl (C=O) groups excluding carboxylic acids is 1. The molecule has 0 bridgehead atoms. The average Bonchev–Trinajstić information content (AvgIpc) is 3.32. The minimum absolute atomic E-state index is 0.000789. The Bertz CT molecular complexity index is 1140. The van der Waals surface area contributed by atoms with Gasteiger partial charge in [-0.1, -0.05) is 24.8 Å². The molecule has 1 aliphatic rings. The van der Waals surface area contributed by atoms with Crippen molar-refractivity contribution in [3.63, 3.8) is 0 Å². The Morgan fingerprint density at radius 3 is 3.10 bits per heavy atom. The second-order valence-corrected chi connectivity index (χ2v) is 9.20. The van der Waals surface area contributed by atoms with Crippen molar-refractivity contribution in [1.82, 2.24) is 9.55 Å². The van der Waals surface area contributed by atoms with E-state index in [4.69, 9.17) is 9.40 Å². The molecular weight excluding hydrogens is 408 g/mol. The van der Waals surface area contributed by atoms with Crippen LogP contribution in [0.15, 0.2) is 39.2 Å². The lowest BCUT2D eigenvalue weighted by atomic mass is 9.89. The van der Waals surface area contributed by atoms with E-state index in [0.717, 1.165) is 29.5 Å². The lowest BCUT2D eigenvalue weighted by Crippen LogP contribution is -2.23. The molecule has 0 amide bonds. The van der Waals surface area contributed by atoms with Crippen LogP contribution in [0, 0.1) is 5.92 Å². The first-order chi connectivity index (χ1) is 14.0. The van der Waals surface area contributed by atoms with Gasteiger partial charge in [0.1, 0.15) is 10.6 Å². The minimum atomic E-state index is -0.511. The summed E-state index contributed by atoms with van der Waals surface area (Å²) < 4.78 is 11.9. The van der Waals surface area contributed by atoms with Crippen LogP contribution in [0.5, 0.6) is 0 Å². The van der Waals surface area contributed by atoms with E-state index < -0.39 is 5.97 Å². The highest BCUT2D eigenvalue weighted by molar-refractivity contribution is 7.98. The Kier molecular flexibility index (Phi) is 5.65. The number of ether oxygens (including phenoxy) is 1. The summed E-state index contributed by atoms with van der Waals surface area (Å²) >= 11 is 3.06. The molecule has 3 heterocycles. The van der Waals surface area contributed by atoms with Gasteiger partial charge >= 0.3 is 5.97 Å². The van der Waals surface area contributed by atoms with Crippen LogP contribution in [0.3, 0.4) is 0 Å². The van der Waals surface area contributed by atoms with E-state index in [2.05, 4.69) is 18.2 Å². The van der Waals surface area contributed by atoms with Gasteiger partial charge in [0, 0.05) is 11.4 Å². The van der Waals surface area contributed by atoms with Crippen LogP contribution in [-0.4, -0.2) is 22.6 Å². The third-order valence-electron chi connectivity index (χ3n) is 5.08. The van der Waals surface area contributed by atoms with Crippen molar-refractivity contribution in [2.75, 3.05) is 7.11 Å². The van der Waals surface area contributed by atoms with Crippen molar-refractivity contribution >= 4 is 39.3 Å². The second kappa shape index (κ2) is 8.20. The normalized spacial score (nSPS) is 16.0.